The first kappa shape index (κ1) is 14.8. The monoisotopic (exact) mass is 255 g/mol. The second-order valence-corrected chi connectivity index (χ2v) is 4.02. The number of hydrogen-bond donors (Lipinski definition) is 3. The first-order valence-electron chi connectivity index (χ1n) is 5.88. The molecule has 0 saturated heterocycles. The predicted molar refractivity (Wildman–Crippen MR) is 69.1 cm³/mol. The minimum Gasteiger partial charge on any atom is -0.497 e. The molecule has 5 heteroatoms. The summed E-state index contributed by atoms with van der Waals surface area (Å²) in [6.07, 6.45) is -0.711. The number of benzene rings is 1. The Morgan fingerprint density at radius 2 is 2.00 bits per heavy atom. The summed E-state index contributed by atoms with van der Waals surface area (Å²) in [6.45, 7) is 2.33. The zero-order chi connectivity index (χ0) is 13.5. The van der Waals surface area contributed by atoms with Crippen LogP contribution >= 0.6 is 0 Å². The Kier molecular flexibility index (Phi) is 5.91. The van der Waals surface area contributed by atoms with Gasteiger partial charge < -0.3 is 25.0 Å². The topological polar surface area (TPSA) is 71.0 Å². The zero-order valence-electron chi connectivity index (χ0n) is 11.0. The molecule has 0 fully saturated rings. The highest BCUT2D eigenvalue weighted by molar-refractivity contribution is 5.42. The van der Waals surface area contributed by atoms with Gasteiger partial charge in [-0.05, 0) is 19.1 Å². The molecule has 0 bridgehead atoms. The molecule has 1 aromatic carbocycles. The highest BCUT2D eigenvalue weighted by atomic mass is 16.5. The average molecular weight is 255 g/mol. The highest BCUT2D eigenvalue weighted by Gasteiger charge is 2.19. The van der Waals surface area contributed by atoms with E-state index in [4.69, 9.17) is 14.6 Å². The van der Waals surface area contributed by atoms with Crippen LogP contribution in [0.2, 0.25) is 0 Å². The quantitative estimate of drug-likeness (QED) is 0.669. The van der Waals surface area contributed by atoms with E-state index in [2.05, 4.69) is 5.32 Å². The summed E-state index contributed by atoms with van der Waals surface area (Å²) >= 11 is 0. The largest absolute Gasteiger partial charge is 0.497 e. The fourth-order valence-corrected chi connectivity index (χ4v) is 1.74. The highest BCUT2D eigenvalue weighted by Crippen LogP contribution is 2.30. The Bertz CT molecular complexity index is 370. The van der Waals surface area contributed by atoms with Crippen LogP contribution in [0.5, 0.6) is 11.5 Å². The molecule has 5 nitrogen and oxygen atoms in total. The first-order chi connectivity index (χ1) is 8.63. The summed E-state index contributed by atoms with van der Waals surface area (Å²) in [5, 5.41) is 22.0. The molecule has 0 amide bonds. The van der Waals surface area contributed by atoms with Crippen LogP contribution in [0.25, 0.3) is 0 Å². The van der Waals surface area contributed by atoms with E-state index in [1.165, 1.54) is 0 Å². The molecule has 0 aliphatic rings. The van der Waals surface area contributed by atoms with E-state index in [1.807, 2.05) is 6.92 Å². The second-order valence-electron chi connectivity index (χ2n) is 4.02. The van der Waals surface area contributed by atoms with Crippen molar-refractivity contribution in [2.24, 2.45) is 0 Å². The number of hydrogen-bond acceptors (Lipinski definition) is 5. The maximum absolute atomic E-state index is 10.2. The number of methoxy groups -OCH3 is 2. The van der Waals surface area contributed by atoms with Crippen molar-refractivity contribution in [3.05, 3.63) is 23.8 Å². The van der Waals surface area contributed by atoms with Gasteiger partial charge in [0.1, 0.15) is 11.5 Å². The molecule has 2 atom stereocenters. The van der Waals surface area contributed by atoms with Crippen LogP contribution < -0.4 is 14.8 Å². The first-order valence-corrected chi connectivity index (χ1v) is 5.88. The number of ether oxygens (including phenoxy) is 2. The number of aliphatic hydroxyl groups excluding tert-OH is 2. The van der Waals surface area contributed by atoms with E-state index >= 15 is 0 Å². The van der Waals surface area contributed by atoms with Gasteiger partial charge in [0.15, 0.2) is 0 Å². The van der Waals surface area contributed by atoms with Crippen LogP contribution in [0.3, 0.4) is 0 Å². The van der Waals surface area contributed by atoms with E-state index in [1.54, 1.807) is 32.4 Å². The normalized spacial score (nSPS) is 14.1. The van der Waals surface area contributed by atoms with E-state index in [-0.39, 0.29) is 12.6 Å². The van der Waals surface area contributed by atoms with Crippen LogP contribution in [-0.2, 0) is 0 Å². The lowest BCUT2D eigenvalue weighted by molar-refractivity contribution is 0.129. The van der Waals surface area contributed by atoms with Crippen molar-refractivity contribution in [2.45, 2.75) is 19.1 Å². The molecule has 0 saturated carbocycles. The van der Waals surface area contributed by atoms with E-state index in [0.29, 0.717) is 23.6 Å². The fourth-order valence-electron chi connectivity index (χ4n) is 1.74. The smallest absolute Gasteiger partial charge is 0.128 e. The van der Waals surface area contributed by atoms with Gasteiger partial charge in [-0.25, -0.2) is 0 Å². The summed E-state index contributed by atoms with van der Waals surface area (Å²) in [7, 11) is 3.13. The molecule has 3 N–H and O–H groups in total. The maximum Gasteiger partial charge on any atom is 0.128 e. The van der Waals surface area contributed by atoms with Crippen LogP contribution in [0.1, 0.15) is 18.6 Å². The Labute approximate surface area is 107 Å². The fraction of sp³-hybridized carbons (Fsp3) is 0.538. The van der Waals surface area contributed by atoms with Crippen LogP contribution in [0, 0.1) is 0 Å². The molecule has 0 radical (unpaired) electrons. The van der Waals surface area contributed by atoms with Gasteiger partial charge in [-0.1, -0.05) is 0 Å². The lowest BCUT2D eigenvalue weighted by Gasteiger charge is -2.22. The predicted octanol–water partition coefficient (Wildman–Crippen LogP) is 0.708. The summed E-state index contributed by atoms with van der Waals surface area (Å²) in [5.74, 6) is 1.26. The average Bonchev–Trinajstić information content (AvgIpc) is 2.43. The minimum absolute atomic E-state index is 0.0385. The van der Waals surface area contributed by atoms with Crippen molar-refractivity contribution in [1.82, 2.24) is 5.32 Å². The molecule has 1 aromatic rings. The van der Waals surface area contributed by atoms with E-state index in [9.17, 15) is 5.11 Å². The van der Waals surface area contributed by atoms with E-state index < -0.39 is 6.10 Å². The summed E-state index contributed by atoms with van der Waals surface area (Å²) < 4.78 is 10.4. The van der Waals surface area contributed by atoms with Gasteiger partial charge in [-0.15, -0.1) is 0 Å². The Balaban J connectivity index is 2.86. The third kappa shape index (κ3) is 3.60. The Hall–Kier alpha value is -1.30. The standard InChI is InChI=1S/C13H21NO4/c1-9(14-6-7-15)13(16)11-5-4-10(17-2)8-12(11)18-3/h4-5,8-9,13-16H,6-7H2,1-3H3. The SMILES string of the molecule is COc1ccc(C(O)C(C)NCCO)c(OC)c1. The number of rotatable bonds is 7. The zero-order valence-corrected chi connectivity index (χ0v) is 11.0. The summed E-state index contributed by atoms with van der Waals surface area (Å²) in [4.78, 5) is 0. The molecule has 0 aliphatic carbocycles. The van der Waals surface area contributed by atoms with Crippen molar-refractivity contribution >= 4 is 0 Å². The molecule has 18 heavy (non-hydrogen) atoms. The van der Waals surface area contributed by atoms with Gasteiger partial charge in [0.2, 0.25) is 0 Å². The van der Waals surface area contributed by atoms with E-state index in [0.717, 1.165) is 0 Å². The van der Waals surface area contributed by atoms with Crippen LogP contribution in [0.4, 0.5) is 0 Å². The summed E-state index contributed by atoms with van der Waals surface area (Å²) in [6, 6.07) is 5.11. The Morgan fingerprint density at radius 3 is 2.56 bits per heavy atom. The molecule has 0 aromatic heterocycles. The molecule has 2 unspecified atom stereocenters. The summed E-state index contributed by atoms with van der Waals surface area (Å²) in [5.41, 5.74) is 0.691. The maximum atomic E-state index is 10.2. The van der Waals surface area contributed by atoms with Gasteiger partial charge in [-0.2, -0.15) is 0 Å². The molecule has 102 valence electrons. The Morgan fingerprint density at radius 1 is 1.28 bits per heavy atom. The van der Waals surface area contributed by atoms with Crippen molar-refractivity contribution in [1.29, 1.82) is 0 Å². The van der Waals surface area contributed by atoms with Crippen molar-refractivity contribution in [3.63, 3.8) is 0 Å². The number of nitrogens with one attached hydrogen (secondary N) is 1. The third-order valence-electron chi connectivity index (χ3n) is 2.81. The van der Waals surface area contributed by atoms with Crippen LogP contribution in [0.15, 0.2) is 18.2 Å². The molecule has 1 rings (SSSR count). The van der Waals surface area contributed by atoms with Gasteiger partial charge in [0.25, 0.3) is 0 Å². The molecule has 0 spiro atoms. The molecular formula is C13H21NO4. The lowest BCUT2D eigenvalue weighted by atomic mass is 10.0. The van der Waals surface area contributed by atoms with Gasteiger partial charge in [0.05, 0.1) is 26.9 Å². The molecular weight excluding hydrogens is 234 g/mol. The van der Waals surface area contributed by atoms with Gasteiger partial charge in [-0.3, -0.25) is 0 Å². The van der Waals surface area contributed by atoms with Gasteiger partial charge in [0, 0.05) is 24.2 Å². The molecule has 0 aliphatic heterocycles. The third-order valence-corrected chi connectivity index (χ3v) is 2.81. The number of aliphatic hydroxyl groups is 2. The second kappa shape index (κ2) is 7.20. The van der Waals surface area contributed by atoms with Gasteiger partial charge >= 0.3 is 0 Å². The van der Waals surface area contributed by atoms with Crippen LogP contribution in [-0.4, -0.2) is 43.6 Å². The lowest BCUT2D eigenvalue weighted by Crippen LogP contribution is -2.34. The molecule has 0 heterocycles. The van der Waals surface area contributed by atoms with Crippen molar-refractivity contribution in [3.8, 4) is 11.5 Å². The minimum atomic E-state index is -0.711. The van der Waals surface area contributed by atoms with Crippen molar-refractivity contribution < 1.29 is 19.7 Å². The van der Waals surface area contributed by atoms with Crippen molar-refractivity contribution in [2.75, 3.05) is 27.4 Å².